The molecular formula is C20H30N6O2. The minimum absolute atomic E-state index is 0.426. The normalized spacial score (nSPS) is 11.8. The van der Waals surface area contributed by atoms with Crippen molar-refractivity contribution in [3.05, 3.63) is 53.9 Å². The second kappa shape index (κ2) is 10.3. The number of nitrogens with one attached hydrogen (secondary N) is 3. The average molecular weight is 387 g/mol. The van der Waals surface area contributed by atoms with E-state index in [9.17, 15) is 4.79 Å². The van der Waals surface area contributed by atoms with Gasteiger partial charge in [-0.05, 0) is 38.0 Å². The standard InChI is InChI=1S/C20H30N6O2/c1-20(2,3)28-19(27)23-12-11-22-18(21-4)24-14-16-8-5-6-9-17(16)15-26-13-7-10-25-26/h5-10,13H,11-12,14-15H2,1-4H3,(H,23,27)(H2,21,22,24). The molecule has 0 spiro atoms. The minimum Gasteiger partial charge on any atom is -0.444 e. The van der Waals surface area contributed by atoms with Crippen LogP contribution in [-0.2, 0) is 17.8 Å². The third-order valence-corrected chi connectivity index (χ3v) is 3.77. The number of carbonyl (C=O) groups excluding carboxylic acids is 1. The van der Waals surface area contributed by atoms with Crippen molar-refractivity contribution in [2.45, 2.75) is 39.5 Å². The lowest BCUT2D eigenvalue weighted by molar-refractivity contribution is 0.0529. The van der Waals surface area contributed by atoms with Gasteiger partial charge in [0.2, 0.25) is 0 Å². The first-order valence-electron chi connectivity index (χ1n) is 9.33. The SMILES string of the molecule is CN=C(NCCNC(=O)OC(C)(C)C)NCc1ccccc1Cn1cccn1. The van der Waals surface area contributed by atoms with E-state index in [1.165, 1.54) is 11.1 Å². The molecule has 28 heavy (non-hydrogen) atoms. The van der Waals surface area contributed by atoms with E-state index >= 15 is 0 Å². The summed E-state index contributed by atoms with van der Waals surface area (Å²) in [5, 5.41) is 13.4. The molecule has 0 saturated heterocycles. The van der Waals surface area contributed by atoms with Crippen LogP contribution in [0.1, 0.15) is 31.9 Å². The zero-order chi connectivity index (χ0) is 20.4. The molecule has 0 fully saturated rings. The van der Waals surface area contributed by atoms with Crippen molar-refractivity contribution in [1.82, 2.24) is 25.7 Å². The zero-order valence-corrected chi connectivity index (χ0v) is 17.0. The molecule has 2 aromatic rings. The number of carbonyl (C=O) groups is 1. The van der Waals surface area contributed by atoms with Gasteiger partial charge in [0.1, 0.15) is 5.60 Å². The molecule has 0 atom stereocenters. The smallest absolute Gasteiger partial charge is 0.407 e. The number of benzene rings is 1. The highest BCUT2D eigenvalue weighted by Gasteiger charge is 2.15. The van der Waals surface area contributed by atoms with Crippen LogP contribution in [0, 0.1) is 0 Å². The number of rotatable bonds is 7. The quantitative estimate of drug-likeness (QED) is 0.385. The second-order valence-electron chi connectivity index (χ2n) is 7.25. The van der Waals surface area contributed by atoms with Gasteiger partial charge in [0.25, 0.3) is 0 Å². The van der Waals surface area contributed by atoms with Gasteiger partial charge in [0.15, 0.2) is 5.96 Å². The second-order valence-corrected chi connectivity index (χ2v) is 7.25. The highest BCUT2D eigenvalue weighted by Crippen LogP contribution is 2.10. The topological polar surface area (TPSA) is 92.6 Å². The van der Waals surface area contributed by atoms with Crippen LogP contribution in [0.2, 0.25) is 0 Å². The Morgan fingerprint density at radius 2 is 1.82 bits per heavy atom. The van der Waals surface area contributed by atoms with E-state index in [1.807, 2.05) is 49.8 Å². The summed E-state index contributed by atoms with van der Waals surface area (Å²) < 4.78 is 7.10. The van der Waals surface area contributed by atoms with Gasteiger partial charge in [0.05, 0.1) is 6.54 Å². The molecule has 0 aliphatic rings. The highest BCUT2D eigenvalue weighted by molar-refractivity contribution is 5.79. The Morgan fingerprint density at radius 1 is 1.11 bits per heavy atom. The van der Waals surface area contributed by atoms with Gasteiger partial charge in [-0.1, -0.05) is 24.3 Å². The van der Waals surface area contributed by atoms with E-state index in [0.29, 0.717) is 25.6 Å². The summed E-state index contributed by atoms with van der Waals surface area (Å²) in [5.41, 5.74) is 1.87. The van der Waals surface area contributed by atoms with E-state index < -0.39 is 11.7 Å². The van der Waals surface area contributed by atoms with Crippen LogP contribution in [0.4, 0.5) is 4.79 Å². The predicted molar refractivity (Wildman–Crippen MR) is 110 cm³/mol. The molecule has 3 N–H and O–H groups in total. The Hall–Kier alpha value is -3.03. The fraction of sp³-hybridized carbons (Fsp3) is 0.450. The first-order valence-corrected chi connectivity index (χ1v) is 9.33. The van der Waals surface area contributed by atoms with E-state index in [4.69, 9.17) is 4.74 Å². The van der Waals surface area contributed by atoms with Crippen LogP contribution in [0.3, 0.4) is 0 Å². The summed E-state index contributed by atoms with van der Waals surface area (Å²) in [5.74, 6) is 0.667. The lowest BCUT2D eigenvalue weighted by Crippen LogP contribution is -2.42. The number of hydrogen-bond acceptors (Lipinski definition) is 4. The van der Waals surface area contributed by atoms with E-state index in [2.05, 4.69) is 38.2 Å². The van der Waals surface area contributed by atoms with Crippen LogP contribution < -0.4 is 16.0 Å². The lowest BCUT2D eigenvalue weighted by atomic mass is 10.1. The number of guanidine groups is 1. The first kappa shape index (κ1) is 21.3. The summed E-state index contributed by atoms with van der Waals surface area (Å²) >= 11 is 0. The van der Waals surface area contributed by atoms with Crippen LogP contribution in [-0.4, -0.2) is 47.6 Å². The van der Waals surface area contributed by atoms with Crippen LogP contribution in [0.5, 0.6) is 0 Å². The van der Waals surface area contributed by atoms with Gasteiger partial charge in [0, 0.05) is 39.1 Å². The summed E-state index contributed by atoms with van der Waals surface area (Å²) in [6.07, 6.45) is 3.30. The van der Waals surface area contributed by atoms with Gasteiger partial charge in [-0.25, -0.2) is 4.79 Å². The molecule has 8 nitrogen and oxygen atoms in total. The van der Waals surface area contributed by atoms with Gasteiger partial charge in [-0.15, -0.1) is 0 Å². The zero-order valence-electron chi connectivity index (χ0n) is 17.0. The number of alkyl carbamates (subject to hydrolysis) is 1. The summed E-state index contributed by atoms with van der Waals surface area (Å²) in [4.78, 5) is 15.9. The molecule has 1 heterocycles. The molecule has 8 heteroatoms. The fourth-order valence-corrected chi connectivity index (χ4v) is 2.51. The van der Waals surface area contributed by atoms with Crippen molar-refractivity contribution in [3.8, 4) is 0 Å². The monoisotopic (exact) mass is 386 g/mol. The molecule has 0 unspecified atom stereocenters. The molecule has 152 valence electrons. The maximum atomic E-state index is 11.6. The van der Waals surface area contributed by atoms with Gasteiger partial charge < -0.3 is 20.7 Å². The van der Waals surface area contributed by atoms with Crippen molar-refractivity contribution in [2.75, 3.05) is 20.1 Å². The Balaban J connectivity index is 1.77. The summed E-state index contributed by atoms with van der Waals surface area (Å²) in [6, 6.07) is 10.1. The molecule has 0 aliphatic carbocycles. The number of aromatic nitrogens is 2. The number of hydrogen-bond donors (Lipinski definition) is 3. The molecule has 0 saturated carbocycles. The van der Waals surface area contributed by atoms with Crippen molar-refractivity contribution in [3.63, 3.8) is 0 Å². The van der Waals surface area contributed by atoms with E-state index in [1.54, 1.807) is 13.2 Å². The Morgan fingerprint density at radius 3 is 2.46 bits per heavy atom. The van der Waals surface area contributed by atoms with Crippen molar-refractivity contribution < 1.29 is 9.53 Å². The summed E-state index contributed by atoms with van der Waals surface area (Å²) in [7, 11) is 1.71. The maximum Gasteiger partial charge on any atom is 0.407 e. The van der Waals surface area contributed by atoms with Gasteiger partial charge in [-0.2, -0.15) is 5.10 Å². The Labute approximate surface area is 166 Å². The van der Waals surface area contributed by atoms with Crippen LogP contribution in [0.25, 0.3) is 0 Å². The molecular weight excluding hydrogens is 356 g/mol. The Kier molecular flexibility index (Phi) is 7.86. The van der Waals surface area contributed by atoms with Gasteiger partial charge in [-0.3, -0.25) is 9.67 Å². The Bertz CT molecular complexity index is 765. The maximum absolute atomic E-state index is 11.6. The molecule has 0 aliphatic heterocycles. The third kappa shape index (κ3) is 7.69. The first-order chi connectivity index (χ1) is 13.4. The predicted octanol–water partition coefficient (Wildman–Crippen LogP) is 2.12. The molecule has 2 rings (SSSR count). The fourth-order valence-electron chi connectivity index (χ4n) is 2.51. The largest absolute Gasteiger partial charge is 0.444 e. The highest BCUT2D eigenvalue weighted by atomic mass is 16.6. The number of amides is 1. The number of aliphatic imine (C=N–C) groups is 1. The molecule has 1 amide bonds. The lowest BCUT2D eigenvalue weighted by Gasteiger charge is -2.20. The van der Waals surface area contributed by atoms with Crippen molar-refractivity contribution in [1.29, 1.82) is 0 Å². The molecule has 1 aromatic carbocycles. The number of ether oxygens (including phenoxy) is 1. The molecule has 0 bridgehead atoms. The summed E-state index contributed by atoms with van der Waals surface area (Å²) in [6.45, 7) is 7.83. The van der Waals surface area contributed by atoms with Gasteiger partial charge >= 0.3 is 6.09 Å². The number of nitrogens with zero attached hydrogens (tertiary/aromatic N) is 3. The van der Waals surface area contributed by atoms with Crippen molar-refractivity contribution in [2.24, 2.45) is 4.99 Å². The van der Waals surface area contributed by atoms with E-state index in [-0.39, 0.29) is 0 Å². The third-order valence-electron chi connectivity index (χ3n) is 3.77. The average Bonchev–Trinajstić information content (AvgIpc) is 3.14. The van der Waals surface area contributed by atoms with Crippen molar-refractivity contribution >= 4 is 12.1 Å². The van der Waals surface area contributed by atoms with Crippen LogP contribution in [0.15, 0.2) is 47.7 Å². The van der Waals surface area contributed by atoms with E-state index in [0.717, 1.165) is 6.54 Å². The molecule has 0 radical (unpaired) electrons. The molecule has 1 aromatic heterocycles. The van der Waals surface area contributed by atoms with Crippen LogP contribution >= 0.6 is 0 Å². The minimum atomic E-state index is -0.501.